The van der Waals surface area contributed by atoms with Gasteiger partial charge in [0, 0.05) is 12.3 Å². The summed E-state index contributed by atoms with van der Waals surface area (Å²) in [6, 6.07) is 14.9. The number of pyridine rings is 1. The Morgan fingerprint density at radius 2 is 1.97 bits per heavy atom. The van der Waals surface area contributed by atoms with E-state index >= 15 is 0 Å². The fourth-order valence-electron chi connectivity index (χ4n) is 3.37. The summed E-state index contributed by atoms with van der Waals surface area (Å²) >= 11 is 0. The van der Waals surface area contributed by atoms with Crippen molar-refractivity contribution in [3.63, 3.8) is 0 Å². The fraction of sp³-hybridized carbons (Fsp3) is 0.136. The lowest BCUT2D eigenvalue weighted by molar-refractivity contribution is 0.395. The molecule has 2 aromatic heterocycles. The molecule has 7 nitrogen and oxygen atoms in total. The number of ether oxygens (including phenoxy) is 2. The van der Waals surface area contributed by atoms with Crippen molar-refractivity contribution in [3.8, 4) is 17.6 Å². The number of aromatic nitrogens is 2. The van der Waals surface area contributed by atoms with Crippen LogP contribution in [0.15, 0.2) is 52.3 Å². The quantitative estimate of drug-likeness (QED) is 0.541. The summed E-state index contributed by atoms with van der Waals surface area (Å²) < 4.78 is 12.1. The van der Waals surface area contributed by atoms with Crippen molar-refractivity contribution in [3.05, 3.63) is 69.5 Å². The molecule has 0 bridgehead atoms. The molecule has 0 spiro atoms. The minimum absolute atomic E-state index is 0.245. The first-order valence-corrected chi connectivity index (χ1v) is 8.91. The maximum absolute atomic E-state index is 13.3. The lowest BCUT2D eigenvalue weighted by atomic mass is 10.1. The predicted octanol–water partition coefficient (Wildman–Crippen LogP) is 3.73. The molecule has 144 valence electrons. The Morgan fingerprint density at radius 1 is 1.17 bits per heavy atom. The zero-order chi connectivity index (χ0) is 20.5. The molecule has 0 aliphatic heterocycles. The summed E-state index contributed by atoms with van der Waals surface area (Å²) in [7, 11) is 3.11. The zero-order valence-electron chi connectivity index (χ0n) is 16.2. The van der Waals surface area contributed by atoms with Crippen LogP contribution in [0, 0.1) is 18.3 Å². The first kappa shape index (κ1) is 18.3. The monoisotopic (exact) mass is 386 g/mol. The van der Waals surface area contributed by atoms with Crippen LogP contribution in [0.2, 0.25) is 0 Å². The number of hydrogen-bond acceptors (Lipinski definition) is 5. The van der Waals surface area contributed by atoms with E-state index in [4.69, 9.17) is 9.47 Å². The number of H-pyrrole nitrogens is 1. The molecule has 0 radical (unpaired) electrons. The second kappa shape index (κ2) is 7.17. The second-order valence-electron chi connectivity index (χ2n) is 6.45. The van der Waals surface area contributed by atoms with E-state index in [1.165, 1.54) is 10.6 Å². The van der Waals surface area contributed by atoms with Gasteiger partial charge in [0.15, 0.2) is 0 Å². The van der Waals surface area contributed by atoms with E-state index < -0.39 is 0 Å². The normalized spacial score (nSPS) is 11.2. The molecule has 2 heterocycles. The number of nitrogens with zero attached hydrogens (tertiary/aromatic N) is 3. The van der Waals surface area contributed by atoms with Crippen LogP contribution < -0.4 is 15.0 Å². The van der Waals surface area contributed by atoms with Crippen LogP contribution in [0.25, 0.3) is 16.7 Å². The minimum atomic E-state index is -0.245. The van der Waals surface area contributed by atoms with Gasteiger partial charge in [0.25, 0.3) is 5.56 Å². The van der Waals surface area contributed by atoms with E-state index in [-0.39, 0.29) is 5.56 Å². The van der Waals surface area contributed by atoms with Gasteiger partial charge in [0.1, 0.15) is 28.9 Å². The van der Waals surface area contributed by atoms with E-state index in [9.17, 15) is 10.1 Å². The lowest BCUT2D eigenvalue weighted by Gasteiger charge is -2.08. The van der Waals surface area contributed by atoms with Crippen LogP contribution in [0.1, 0.15) is 16.7 Å². The number of fused-ring (bicyclic) bond motifs is 3. The Morgan fingerprint density at radius 3 is 2.69 bits per heavy atom. The van der Waals surface area contributed by atoms with Crippen molar-refractivity contribution in [1.82, 2.24) is 9.38 Å². The molecule has 0 atom stereocenters. The van der Waals surface area contributed by atoms with E-state index in [0.717, 1.165) is 5.52 Å². The van der Waals surface area contributed by atoms with Crippen LogP contribution >= 0.6 is 0 Å². The molecule has 4 aromatic rings. The summed E-state index contributed by atoms with van der Waals surface area (Å²) in [6.07, 6.45) is 1.48. The number of nitriles is 1. The summed E-state index contributed by atoms with van der Waals surface area (Å²) in [6.45, 7) is 1.75. The van der Waals surface area contributed by atoms with Crippen LogP contribution in [0.4, 0.5) is 5.69 Å². The van der Waals surface area contributed by atoms with Gasteiger partial charge < -0.3 is 14.5 Å². The zero-order valence-corrected chi connectivity index (χ0v) is 16.2. The minimum Gasteiger partial charge on any atom is -0.497 e. The molecule has 7 heteroatoms. The molecule has 0 aliphatic rings. The molecule has 0 unspecified atom stereocenters. The SMILES string of the molecule is COc1ccc(N=Cc2c(C)c(C#N)c3[nH]c4ccccc4n3c2=O)c(OC)c1. The van der Waals surface area contributed by atoms with Gasteiger partial charge in [-0.3, -0.25) is 14.2 Å². The standard InChI is InChI=1S/C22H18N4O3/c1-13-15(11-23)21-25-17-6-4-5-7-19(17)26(21)22(27)16(13)12-24-18-9-8-14(28-2)10-20(18)29-3/h4-10,12,25H,1-3H3. The highest BCUT2D eigenvalue weighted by molar-refractivity contribution is 5.89. The van der Waals surface area contributed by atoms with Crippen molar-refractivity contribution in [1.29, 1.82) is 5.26 Å². The molecule has 4 rings (SSSR count). The van der Waals surface area contributed by atoms with Crippen molar-refractivity contribution < 1.29 is 9.47 Å². The van der Waals surface area contributed by atoms with Gasteiger partial charge in [-0.15, -0.1) is 0 Å². The third-order valence-electron chi connectivity index (χ3n) is 4.90. The summed E-state index contributed by atoms with van der Waals surface area (Å²) in [5, 5.41) is 9.72. The van der Waals surface area contributed by atoms with Gasteiger partial charge >= 0.3 is 0 Å². The average molecular weight is 386 g/mol. The predicted molar refractivity (Wildman–Crippen MR) is 112 cm³/mol. The molecular weight excluding hydrogens is 368 g/mol. The first-order valence-electron chi connectivity index (χ1n) is 8.91. The van der Waals surface area contributed by atoms with Gasteiger partial charge in [-0.2, -0.15) is 5.26 Å². The summed E-state index contributed by atoms with van der Waals surface area (Å²) in [5.74, 6) is 1.16. The Balaban J connectivity index is 1.95. The topological polar surface area (TPSA) is 91.9 Å². The first-order chi connectivity index (χ1) is 14.1. The molecule has 0 saturated carbocycles. The van der Waals surface area contributed by atoms with Crippen molar-refractivity contribution in [2.45, 2.75) is 6.92 Å². The highest BCUT2D eigenvalue weighted by Crippen LogP contribution is 2.31. The molecule has 0 saturated heterocycles. The maximum atomic E-state index is 13.3. The third-order valence-corrected chi connectivity index (χ3v) is 4.90. The van der Waals surface area contributed by atoms with E-state index in [2.05, 4.69) is 16.0 Å². The molecule has 0 fully saturated rings. The molecule has 29 heavy (non-hydrogen) atoms. The molecule has 1 N–H and O–H groups in total. The van der Waals surface area contributed by atoms with Gasteiger partial charge in [-0.25, -0.2) is 0 Å². The summed E-state index contributed by atoms with van der Waals surface area (Å²) in [4.78, 5) is 20.9. The molecule has 2 aromatic carbocycles. The average Bonchev–Trinajstić information content (AvgIpc) is 3.13. The molecular formula is C22H18N4O3. The van der Waals surface area contributed by atoms with E-state index in [0.29, 0.717) is 45.0 Å². The number of benzene rings is 2. The van der Waals surface area contributed by atoms with E-state index in [1.54, 1.807) is 39.3 Å². The van der Waals surface area contributed by atoms with Crippen LogP contribution in [-0.4, -0.2) is 29.8 Å². The number of para-hydroxylation sites is 2. The Kier molecular flexibility index (Phi) is 4.53. The molecule has 0 amide bonds. The van der Waals surface area contributed by atoms with Crippen LogP contribution in [0.5, 0.6) is 11.5 Å². The van der Waals surface area contributed by atoms with Crippen molar-refractivity contribution in [2.75, 3.05) is 14.2 Å². The number of aromatic amines is 1. The lowest BCUT2D eigenvalue weighted by Crippen LogP contribution is -2.20. The van der Waals surface area contributed by atoms with Gasteiger partial charge in [0.2, 0.25) is 0 Å². The number of nitrogens with one attached hydrogen (secondary N) is 1. The summed E-state index contributed by atoms with van der Waals surface area (Å²) in [5.41, 5.74) is 3.60. The Hall–Kier alpha value is -4.05. The number of aliphatic imine (C=N–C) groups is 1. The highest BCUT2D eigenvalue weighted by Gasteiger charge is 2.17. The highest BCUT2D eigenvalue weighted by atomic mass is 16.5. The maximum Gasteiger partial charge on any atom is 0.265 e. The fourth-order valence-corrected chi connectivity index (χ4v) is 3.37. The van der Waals surface area contributed by atoms with Crippen LogP contribution in [0.3, 0.4) is 0 Å². The van der Waals surface area contributed by atoms with E-state index in [1.807, 2.05) is 24.3 Å². The van der Waals surface area contributed by atoms with Gasteiger partial charge in [-0.05, 0) is 36.8 Å². The number of imidazole rings is 1. The number of rotatable bonds is 4. The third kappa shape index (κ3) is 2.91. The Bertz CT molecular complexity index is 1370. The second-order valence-corrected chi connectivity index (χ2v) is 6.45. The van der Waals surface area contributed by atoms with Gasteiger partial charge in [0.05, 0.1) is 36.4 Å². The largest absolute Gasteiger partial charge is 0.497 e. The van der Waals surface area contributed by atoms with Crippen molar-refractivity contribution in [2.24, 2.45) is 4.99 Å². The van der Waals surface area contributed by atoms with Gasteiger partial charge in [-0.1, -0.05) is 12.1 Å². The Labute approximate surface area is 166 Å². The van der Waals surface area contributed by atoms with Crippen molar-refractivity contribution >= 4 is 28.6 Å². The van der Waals surface area contributed by atoms with Crippen LogP contribution in [-0.2, 0) is 0 Å². The number of hydrogen-bond donors (Lipinski definition) is 1. The molecule has 0 aliphatic carbocycles. The smallest absolute Gasteiger partial charge is 0.265 e. The number of methoxy groups -OCH3 is 2.